The lowest BCUT2D eigenvalue weighted by Crippen LogP contribution is -2.53. The molecule has 2 saturated heterocycles. The van der Waals surface area contributed by atoms with Crippen molar-refractivity contribution in [1.82, 2.24) is 14.5 Å². The SMILES string of the molecule is CCn1nccc1N1CCC[C@H](NS(=O)(=O)C[C@@H]2CCCO2)C1=O. The van der Waals surface area contributed by atoms with Crippen LogP contribution in [0.1, 0.15) is 32.6 Å². The maximum Gasteiger partial charge on any atom is 0.246 e. The fourth-order valence-electron chi connectivity index (χ4n) is 3.30. The fourth-order valence-corrected chi connectivity index (χ4v) is 4.80. The Morgan fingerprint density at radius 1 is 1.38 bits per heavy atom. The smallest absolute Gasteiger partial charge is 0.246 e. The number of aryl methyl sites for hydroxylation is 1. The summed E-state index contributed by atoms with van der Waals surface area (Å²) in [6.45, 7) is 3.79. The molecule has 2 aliphatic rings. The van der Waals surface area contributed by atoms with E-state index in [2.05, 4.69) is 9.82 Å². The van der Waals surface area contributed by atoms with E-state index in [1.165, 1.54) is 0 Å². The van der Waals surface area contributed by atoms with Gasteiger partial charge in [0.1, 0.15) is 11.9 Å². The summed E-state index contributed by atoms with van der Waals surface area (Å²) >= 11 is 0. The van der Waals surface area contributed by atoms with Gasteiger partial charge in [-0.2, -0.15) is 5.10 Å². The molecule has 0 radical (unpaired) electrons. The van der Waals surface area contributed by atoms with Crippen LogP contribution in [0.3, 0.4) is 0 Å². The first kappa shape index (κ1) is 17.4. The second-order valence-corrected chi connectivity index (χ2v) is 8.02. The van der Waals surface area contributed by atoms with E-state index in [-0.39, 0.29) is 17.8 Å². The maximum atomic E-state index is 12.7. The Labute approximate surface area is 142 Å². The molecular weight excluding hydrogens is 332 g/mol. The first-order valence-electron chi connectivity index (χ1n) is 8.45. The minimum absolute atomic E-state index is 0.0797. The van der Waals surface area contributed by atoms with Gasteiger partial charge in [0.25, 0.3) is 0 Å². The van der Waals surface area contributed by atoms with Crippen molar-refractivity contribution in [3.63, 3.8) is 0 Å². The summed E-state index contributed by atoms with van der Waals surface area (Å²) in [4.78, 5) is 14.4. The number of hydrogen-bond acceptors (Lipinski definition) is 5. The van der Waals surface area contributed by atoms with Gasteiger partial charge in [-0.1, -0.05) is 0 Å². The summed E-state index contributed by atoms with van der Waals surface area (Å²) < 4.78 is 34.4. The Kier molecular flexibility index (Phi) is 5.21. The third kappa shape index (κ3) is 3.79. The van der Waals surface area contributed by atoms with Crippen LogP contribution in [0, 0.1) is 0 Å². The topological polar surface area (TPSA) is 93.5 Å². The van der Waals surface area contributed by atoms with Gasteiger partial charge in [-0.25, -0.2) is 17.8 Å². The van der Waals surface area contributed by atoms with Gasteiger partial charge < -0.3 is 4.74 Å². The molecule has 2 aliphatic heterocycles. The fraction of sp³-hybridized carbons (Fsp3) is 0.733. The first-order valence-corrected chi connectivity index (χ1v) is 10.1. The van der Waals surface area contributed by atoms with Crippen molar-refractivity contribution in [2.24, 2.45) is 0 Å². The predicted molar refractivity (Wildman–Crippen MR) is 89.2 cm³/mol. The number of piperidine rings is 1. The van der Waals surface area contributed by atoms with Crippen molar-refractivity contribution in [1.29, 1.82) is 0 Å². The molecule has 1 aromatic rings. The monoisotopic (exact) mass is 356 g/mol. The molecule has 8 nitrogen and oxygen atoms in total. The molecule has 3 heterocycles. The van der Waals surface area contributed by atoms with Gasteiger partial charge in [0.05, 0.1) is 18.1 Å². The standard InChI is InChI=1S/C15H24N4O4S/c1-2-19-14(7-8-16-19)18-9-3-6-13(15(18)20)17-24(21,22)11-12-5-4-10-23-12/h7-8,12-13,17H,2-6,9-11H2,1H3/t12-,13-/m0/s1. The molecule has 0 aliphatic carbocycles. The molecule has 3 rings (SSSR count). The lowest BCUT2D eigenvalue weighted by atomic mass is 10.1. The predicted octanol–water partition coefficient (Wildman–Crippen LogP) is 0.497. The van der Waals surface area contributed by atoms with Crippen LogP contribution < -0.4 is 9.62 Å². The minimum Gasteiger partial charge on any atom is -0.377 e. The summed E-state index contributed by atoms with van der Waals surface area (Å²) in [5.74, 6) is 0.418. The first-order chi connectivity index (χ1) is 11.5. The Bertz CT molecular complexity index is 681. The van der Waals surface area contributed by atoms with Crippen LogP contribution in [0.4, 0.5) is 5.82 Å². The van der Waals surface area contributed by atoms with E-state index in [0.29, 0.717) is 31.9 Å². The Hall–Kier alpha value is -1.45. The second-order valence-electron chi connectivity index (χ2n) is 6.22. The number of carbonyl (C=O) groups is 1. The van der Waals surface area contributed by atoms with Gasteiger partial charge in [0.2, 0.25) is 15.9 Å². The van der Waals surface area contributed by atoms with Crippen LogP contribution in [0.25, 0.3) is 0 Å². The Balaban J connectivity index is 1.68. The number of hydrogen-bond donors (Lipinski definition) is 1. The summed E-state index contributed by atoms with van der Waals surface area (Å²) in [6, 6.07) is 1.07. The third-order valence-electron chi connectivity index (χ3n) is 4.46. The largest absolute Gasteiger partial charge is 0.377 e. The highest BCUT2D eigenvalue weighted by Crippen LogP contribution is 2.22. The Morgan fingerprint density at radius 3 is 2.92 bits per heavy atom. The molecule has 0 unspecified atom stereocenters. The molecule has 2 atom stereocenters. The molecule has 0 bridgehead atoms. The number of rotatable bonds is 6. The number of carbonyl (C=O) groups excluding carboxylic acids is 1. The van der Waals surface area contributed by atoms with Crippen LogP contribution in [-0.2, 0) is 26.1 Å². The quantitative estimate of drug-likeness (QED) is 0.801. The molecule has 0 aromatic carbocycles. The molecule has 1 aromatic heterocycles. The normalized spacial score (nSPS) is 25.4. The molecular formula is C15H24N4O4S. The van der Waals surface area contributed by atoms with Crippen molar-refractivity contribution in [3.05, 3.63) is 12.3 Å². The lowest BCUT2D eigenvalue weighted by Gasteiger charge is -2.32. The molecule has 1 N–H and O–H groups in total. The van der Waals surface area contributed by atoms with Crippen molar-refractivity contribution in [2.75, 3.05) is 23.8 Å². The van der Waals surface area contributed by atoms with Gasteiger partial charge in [-0.3, -0.25) is 9.69 Å². The van der Waals surface area contributed by atoms with Crippen LogP contribution in [0.2, 0.25) is 0 Å². The van der Waals surface area contributed by atoms with Gasteiger partial charge in [-0.15, -0.1) is 0 Å². The number of sulfonamides is 1. The highest BCUT2D eigenvalue weighted by molar-refractivity contribution is 7.89. The zero-order valence-electron chi connectivity index (χ0n) is 13.8. The molecule has 2 fully saturated rings. The second kappa shape index (κ2) is 7.20. The Morgan fingerprint density at radius 2 is 2.21 bits per heavy atom. The van der Waals surface area contributed by atoms with Crippen LogP contribution in [-0.4, -0.2) is 55.2 Å². The summed E-state index contributed by atoms with van der Waals surface area (Å²) in [6.07, 6.45) is 4.28. The molecule has 134 valence electrons. The highest BCUT2D eigenvalue weighted by Gasteiger charge is 2.35. The zero-order chi connectivity index (χ0) is 17.2. The zero-order valence-corrected chi connectivity index (χ0v) is 14.7. The van der Waals surface area contributed by atoms with E-state index >= 15 is 0 Å². The van der Waals surface area contributed by atoms with Gasteiger partial charge >= 0.3 is 0 Å². The van der Waals surface area contributed by atoms with Crippen LogP contribution >= 0.6 is 0 Å². The molecule has 1 amide bonds. The van der Waals surface area contributed by atoms with E-state index in [1.54, 1.807) is 21.8 Å². The third-order valence-corrected chi connectivity index (χ3v) is 5.91. The average molecular weight is 356 g/mol. The van der Waals surface area contributed by atoms with E-state index in [0.717, 1.165) is 19.3 Å². The van der Waals surface area contributed by atoms with E-state index in [9.17, 15) is 13.2 Å². The van der Waals surface area contributed by atoms with E-state index in [4.69, 9.17) is 4.74 Å². The highest BCUT2D eigenvalue weighted by atomic mass is 32.2. The van der Waals surface area contributed by atoms with Gasteiger partial charge in [-0.05, 0) is 32.6 Å². The van der Waals surface area contributed by atoms with Crippen molar-refractivity contribution < 1.29 is 17.9 Å². The lowest BCUT2D eigenvalue weighted by molar-refractivity contribution is -0.121. The van der Waals surface area contributed by atoms with Crippen molar-refractivity contribution in [3.8, 4) is 0 Å². The summed E-state index contributed by atoms with van der Waals surface area (Å²) in [7, 11) is -3.55. The number of amides is 1. The molecule has 24 heavy (non-hydrogen) atoms. The van der Waals surface area contributed by atoms with Gasteiger partial charge in [0, 0.05) is 25.8 Å². The number of anilines is 1. The number of ether oxygens (including phenoxy) is 1. The number of nitrogens with zero attached hydrogens (tertiary/aromatic N) is 3. The summed E-state index contributed by atoms with van der Waals surface area (Å²) in [5, 5.41) is 4.18. The van der Waals surface area contributed by atoms with E-state index < -0.39 is 16.1 Å². The molecule has 9 heteroatoms. The molecule has 0 saturated carbocycles. The maximum absolute atomic E-state index is 12.7. The van der Waals surface area contributed by atoms with Crippen molar-refractivity contribution >= 4 is 21.7 Å². The van der Waals surface area contributed by atoms with Crippen LogP contribution in [0.5, 0.6) is 0 Å². The summed E-state index contributed by atoms with van der Waals surface area (Å²) in [5.41, 5.74) is 0. The average Bonchev–Trinajstić information content (AvgIpc) is 3.19. The van der Waals surface area contributed by atoms with Crippen molar-refractivity contribution in [2.45, 2.75) is 51.3 Å². The van der Waals surface area contributed by atoms with Gasteiger partial charge in [0.15, 0.2) is 0 Å². The minimum atomic E-state index is -3.55. The molecule has 0 spiro atoms. The number of aromatic nitrogens is 2. The number of nitrogens with one attached hydrogen (secondary N) is 1. The van der Waals surface area contributed by atoms with Crippen LogP contribution in [0.15, 0.2) is 12.3 Å². The van der Waals surface area contributed by atoms with E-state index in [1.807, 2.05) is 6.92 Å².